The Kier molecular flexibility index (Phi) is 5.33. The van der Waals surface area contributed by atoms with Crippen LogP contribution in [0.25, 0.3) is 0 Å². The van der Waals surface area contributed by atoms with E-state index in [0.29, 0.717) is 13.0 Å². The maximum absolute atomic E-state index is 11.8. The summed E-state index contributed by atoms with van der Waals surface area (Å²) in [6.45, 7) is 0.607. The van der Waals surface area contributed by atoms with Gasteiger partial charge in [-0.05, 0) is 37.0 Å². The Labute approximate surface area is 114 Å². The number of pyridine rings is 1. The molecule has 0 aromatic carbocycles. The van der Waals surface area contributed by atoms with Gasteiger partial charge >= 0.3 is 0 Å². The summed E-state index contributed by atoms with van der Waals surface area (Å²) in [5.74, 6) is 0.299. The Morgan fingerprint density at radius 2 is 2.05 bits per heavy atom. The van der Waals surface area contributed by atoms with Crippen LogP contribution in [0.15, 0.2) is 24.5 Å². The van der Waals surface area contributed by atoms with Gasteiger partial charge in [0.1, 0.15) is 0 Å². The van der Waals surface area contributed by atoms with E-state index in [-0.39, 0.29) is 17.9 Å². The number of aryl methyl sites for hydroxylation is 1. The molecule has 1 aromatic rings. The van der Waals surface area contributed by atoms with Gasteiger partial charge in [-0.25, -0.2) is 0 Å². The highest BCUT2D eigenvalue weighted by molar-refractivity contribution is 5.76. The number of aliphatic hydroxyl groups is 1. The number of hydrogen-bond acceptors (Lipinski definition) is 3. The lowest BCUT2D eigenvalue weighted by Crippen LogP contribution is -2.36. The van der Waals surface area contributed by atoms with Gasteiger partial charge in [0, 0.05) is 31.3 Å². The zero-order valence-corrected chi connectivity index (χ0v) is 11.2. The Hall–Kier alpha value is -1.42. The van der Waals surface area contributed by atoms with Crippen LogP contribution in [-0.2, 0) is 11.2 Å². The van der Waals surface area contributed by atoms with Gasteiger partial charge < -0.3 is 10.4 Å². The van der Waals surface area contributed by atoms with Crippen LogP contribution in [0.3, 0.4) is 0 Å². The van der Waals surface area contributed by atoms with Crippen LogP contribution >= 0.6 is 0 Å². The normalized spacial score (nSPS) is 23.0. The summed E-state index contributed by atoms with van der Waals surface area (Å²) >= 11 is 0. The fourth-order valence-electron chi connectivity index (χ4n) is 2.57. The van der Waals surface area contributed by atoms with Crippen molar-refractivity contribution in [3.8, 4) is 0 Å². The zero-order valence-electron chi connectivity index (χ0n) is 11.2. The molecule has 2 rings (SSSR count). The second kappa shape index (κ2) is 7.24. The standard InChI is InChI=1S/C15H22N2O2/c18-14-4-2-1-3-13(14)11-17-15(19)6-5-12-7-9-16-10-8-12/h7-10,13-14,18H,1-6,11H2,(H,17,19). The number of amides is 1. The largest absolute Gasteiger partial charge is 0.393 e. The van der Waals surface area contributed by atoms with Crippen molar-refractivity contribution in [3.05, 3.63) is 30.1 Å². The molecule has 1 saturated carbocycles. The minimum absolute atomic E-state index is 0.0644. The minimum atomic E-state index is -0.241. The van der Waals surface area contributed by atoms with Crippen LogP contribution in [0.5, 0.6) is 0 Å². The molecule has 1 aliphatic carbocycles. The predicted octanol–water partition coefficient (Wildman–Crippen LogP) is 1.68. The molecule has 0 radical (unpaired) electrons. The van der Waals surface area contributed by atoms with Crippen LogP contribution in [0.4, 0.5) is 0 Å². The summed E-state index contributed by atoms with van der Waals surface area (Å²) in [4.78, 5) is 15.7. The highest BCUT2D eigenvalue weighted by Crippen LogP contribution is 2.23. The van der Waals surface area contributed by atoms with Gasteiger partial charge in [-0.2, -0.15) is 0 Å². The average Bonchev–Trinajstić information content (AvgIpc) is 2.45. The molecule has 0 saturated heterocycles. The molecule has 1 aliphatic rings. The third-order valence-corrected chi connectivity index (χ3v) is 3.82. The van der Waals surface area contributed by atoms with Crippen molar-refractivity contribution in [2.45, 2.75) is 44.6 Å². The number of aromatic nitrogens is 1. The zero-order chi connectivity index (χ0) is 13.5. The van der Waals surface area contributed by atoms with E-state index in [4.69, 9.17) is 0 Å². The SMILES string of the molecule is O=C(CCc1ccncc1)NCC1CCCCC1O. The summed E-state index contributed by atoms with van der Waals surface area (Å²) in [5.41, 5.74) is 1.13. The van der Waals surface area contributed by atoms with Gasteiger partial charge in [0.2, 0.25) is 5.91 Å². The second-order valence-corrected chi connectivity index (χ2v) is 5.27. The molecule has 4 nitrogen and oxygen atoms in total. The molecule has 0 spiro atoms. The summed E-state index contributed by atoms with van der Waals surface area (Å²) in [5, 5.41) is 12.8. The molecular formula is C15H22N2O2. The lowest BCUT2D eigenvalue weighted by molar-refractivity contribution is -0.121. The summed E-state index contributed by atoms with van der Waals surface area (Å²) in [6, 6.07) is 3.86. The highest BCUT2D eigenvalue weighted by atomic mass is 16.3. The maximum Gasteiger partial charge on any atom is 0.220 e. The Morgan fingerprint density at radius 1 is 1.32 bits per heavy atom. The third-order valence-electron chi connectivity index (χ3n) is 3.82. The quantitative estimate of drug-likeness (QED) is 0.848. The molecule has 1 heterocycles. The molecule has 104 valence electrons. The Balaban J connectivity index is 1.67. The van der Waals surface area contributed by atoms with E-state index in [1.807, 2.05) is 12.1 Å². The van der Waals surface area contributed by atoms with E-state index in [9.17, 15) is 9.90 Å². The van der Waals surface area contributed by atoms with Gasteiger partial charge in [-0.15, -0.1) is 0 Å². The molecule has 0 aliphatic heterocycles. The van der Waals surface area contributed by atoms with Crippen LogP contribution < -0.4 is 5.32 Å². The number of carbonyl (C=O) groups is 1. The monoisotopic (exact) mass is 262 g/mol. The van der Waals surface area contributed by atoms with E-state index >= 15 is 0 Å². The van der Waals surface area contributed by atoms with Crippen molar-refractivity contribution in [1.82, 2.24) is 10.3 Å². The Bertz CT molecular complexity index is 394. The van der Waals surface area contributed by atoms with Gasteiger partial charge in [0.15, 0.2) is 0 Å². The molecule has 19 heavy (non-hydrogen) atoms. The first-order valence-electron chi connectivity index (χ1n) is 7.09. The van der Waals surface area contributed by atoms with Crippen molar-refractivity contribution in [2.75, 3.05) is 6.54 Å². The molecule has 2 unspecified atom stereocenters. The average molecular weight is 262 g/mol. The van der Waals surface area contributed by atoms with E-state index in [0.717, 1.165) is 37.7 Å². The van der Waals surface area contributed by atoms with Crippen LogP contribution in [-0.4, -0.2) is 28.6 Å². The lowest BCUT2D eigenvalue weighted by atomic mass is 9.86. The van der Waals surface area contributed by atoms with E-state index in [2.05, 4.69) is 10.3 Å². The number of nitrogens with zero attached hydrogens (tertiary/aromatic N) is 1. The molecule has 2 N–H and O–H groups in total. The molecule has 1 amide bonds. The summed E-state index contributed by atoms with van der Waals surface area (Å²) < 4.78 is 0. The van der Waals surface area contributed by atoms with E-state index in [1.165, 1.54) is 0 Å². The van der Waals surface area contributed by atoms with Crippen LogP contribution in [0.2, 0.25) is 0 Å². The molecule has 1 fully saturated rings. The van der Waals surface area contributed by atoms with Crippen molar-refractivity contribution < 1.29 is 9.90 Å². The first kappa shape index (κ1) is 14.0. The molecule has 2 atom stereocenters. The third kappa shape index (κ3) is 4.63. The maximum atomic E-state index is 11.8. The minimum Gasteiger partial charge on any atom is -0.393 e. The van der Waals surface area contributed by atoms with Crippen LogP contribution in [0, 0.1) is 5.92 Å². The number of hydrogen-bond donors (Lipinski definition) is 2. The second-order valence-electron chi connectivity index (χ2n) is 5.27. The molecule has 4 heteroatoms. The van der Waals surface area contributed by atoms with Crippen molar-refractivity contribution >= 4 is 5.91 Å². The smallest absolute Gasteiger partial charge is 0.220 e. The van der Waals surface area contributed by atoms with Gasteiger partial charge in [-0.3, -0.25) is 9.78 Å². The van der Waals surface area contributed by atoms with Crippen molar-refractivity contribution in [2.24, 2.45) is 5.92 Å². The fraction of sp³-hybridized carbons (Fsp3) is 0.600. The van der Waals surface area contributed by atoms with Crippen LogP contribution in [0.1, 0.15) is 37.7 Å². The fourth-order valence-corrected chi connectivity index (χ4v) is 2.57. The summed E-state index contributed by atoms with van der Waals surface area (Å²) in [7, 11) is 0. The van der Waals surface area contributed by atoms with Gasteiger partial charge in [-0.1, -0.05) is 12.8 Å². The Morgan fingerprint density at radius 3 is 2.79 bits per heavy atom. The van der Waals surface area contributed by atoms with Gasteiger partial charge in [0.25, 0.3) is 0 Å². The highest BCUT2D eigenvalue weighted by Gasteiger charge is 2.23. The topological polar surface area (TPSA) is 62.2 Å². The van der Waals surface area contributed by atoms with Crippen molar-refractivity contribution in [3.63, 3.8) is 0 Å². The lowest BCUT2D eigenvalue weighted by Gasteiger charge is -2.27. The summed E-state index contributed by atoms with van der Waals surface area (Å²) in [6.07, 6.45) is 8.63. The number of aliphatic hydroxyl groups excluding tert-OH is 1. The number of carbonyl (C=O) groups excluding carboxylic acids is 1. The molecular weight excluding hydrogens is 240 g/mol. The van der Waals surface area contributed by atoms with Gasteiger partial charge in [0.05, 0.1) is 6.10 Å². The predicted molar refractivity (Wildman–Crippen MR) is 73.5 cm³/mol. The molecule has 0 bridgehead atoms. The first-order valence-corrected chi connectivity index (χ1v) is 7.09. The molecule has 1 aromatic heterocycles. The van der Waals surface area contributed by atoms with E-state index in [1.54, 1.807) is 12.4 Å². The first-order chi connectivity index (χ1) is 9.25. The number of nitrogens with one attached hydrogen (secondary N) is 1. The number of rotatable bonds is 5. The van der Waals surface area contributed by atoms with Crippen molar-refractivity contribution in [1.29, 1.82) is 0 Å². The van der Waals surface area contributed by atoms with E-state index < -0.39 is 0 Å².